The van der Waals surface area contributed by atoms with Crippen molar-refractivity contribution in [3.63, 3.8) is 0 Å². The molecule has 0 radical (unpaired) electrons. The molecule has 4 nitrogen and oxygen atoms in total. The van der Waals surface area contributed by atoms with Gasteiger partial charge in [0.25, 0.3) is 0 Å². The third-order valence-corrected chi connectivity index (χ3v) is 4.27. The van der Waals surface area contributed by atoms with Crippen LogP contribution >= 0.6 is 11.3 Å². The Morgan fingerprint density at radius 3 is 2.72 bits per heavy atom. The smallest absolute Gasteiger partial charge is 0.331 e. The molecule has 1 fully saturated rings. The van der Waals surface area contributed by atoms with E-state index in [0.717, 1.165) is 12.8 Å². The molecule has 1 saturated carbocycles. The van der Waals surface area contributed by atoms with Crippen molar-refractivity contribution in [3.05, 3.63) is 22.4 Å². The number of rotatable bonds is 5. The summed E-state index contributed by atoms with van der Waals surface area (Å²) in [6, 6.07) is 2.62. The standard InChI is InChI=1S/C13H17NO3S/c15-11(8-9-4-1-2-5-9)14-12(13(16)17)10-6-3-7-18-10/h3,6-7,9,12H,1-2,4-5,8H2,(H,14,15)(H,16,17). The van der Waals surface area contributed by atoms with Crippen molar-refractivity contribution in [3.8, 4) is 0 Å². The molecule has 1 atom stereocenters. The van der Waals surface area contributed by atoms with Crippen LogP contribution in [-0.4, -0.2) is 17.0 Å². The Morgan fingerprint density at radius 2 is 2.17 bits per heavy atom. The minimum absolute atomic E-state index is 0.150. The van der Waals surface area contributed by atoms with Crippen LogP contribution in [0.2, 0.25) is 0 Å². The van der Waals surface area contributed by atoms with Gasteiger partial charge in [-0.25, -0.2) is 4.79 Å². The van der Waals surface area contributed by atoms with Gasteiger partial charge in [0, 0.05) is 11.3 Å². The fourth-order valence-electron chi connectivity index (χ4n) is 2.41. The summed E-state index contributed by atoms with van der Waals surface area (Å²) in [5.41, 5.74) is 0. The van der Waals surface area contributed by atoms with Crippen LogP contribution in [0, 0.1) is 5.92 Å². The molecule has 0 aliphatic heterocycles. The Morgan fingerprint density at radius 1 is 1.44 bits per heavy atom. The van der Waals surface area contributed by atoms with E-state index in [1.54, 1.807) is 12.1 Å². The first-order valence-electron chi connectivity index (χ1n) is 6.22. The zero-order valence-corrected chi connectivity index (χ0v) is 10.9. The van der Waals surface area contributed by atoms with E-state index in [2.05, 4.69) is 5.32 Å². The number of carbonyl (C=O) groups is 2. The molecule has 0 spiro atoms. The number of amides is 1. The Labute approximate surface area is 110 Å². The number of hydrogen-bond acceptors (Lipinski definition) is 3. The zero-order chi connectivity index (χ0) is 13.0. The molecule has 1 amide bonds. The molecular weight excluding hydrogens is 250 g/mol. The van der Waals surface area contributed by atoms with Crippen molar-refractivity contribution < 1.29 is 14.7 Å². The van der Waals surface area contributed by atoms with Gasteiger partial charge in [-0.15, -0.1) is 11.3 Å². The lowest BCUT2D eigenvalue weighted by Crippen LogP contribution is -2.34. The number of aliphatic carboxylic acids is 1. The van der Waals surface area contributed by atoms with Gasteiger partial charge < -0.3 is 10.4 Å². The Kier molecular flexibility index (Phi) is 4.36. The SMILES string of the molecule is O=C(CC1CCCC1)NC(C(=O)O)c1cccs1. The predicted octanol–water partition coefficient (Wildman–Crippen LogP) is 2.57. The van der Waals surface area contributed by atoms with E-state index >= 15 is 0 Å². The van der Waals surface area contributed by atoms with E-state index in [0.29, 0.717) is 17.2 Å². The topological polar surface area (TPSA) is 66.4 Å². The highest BCUT2D eigenvalue weighted by Crippen LogP contribution is 2.28. The lowest BCUT2D eigenvalue weighted by atomic mass is 10.0. The third-order valence-electron chi connectivity index (χ3n) is 3.33. The molecular formula is C13H17NO3S. The third kappa shape index (κ3) is 3.32. The second-order valence-electron chi connectivity index (χ2n) is 4.71. The number of carboxylic acid groups (broad SMARTS) is 1. The molecule has 1 unspecified atom stereocenters. The van der Waals surface area contributed by atoms with Gasteiger partial charge in [0.15, 0.2) is 6.04 Å². The molecule has 1 aromatic rings. The van der Waals surface area contributed by atoms with Gasteiger partial charge in [-0.05, 0) is 30.2 Å². The van der Waals surface area contributed by atoms with E-state index in [1.807, 2.05) is 5.38 Å². The summed E-state index contributed by atoms with van der Waals surface area (Å²) in [6.07, 6.45) is 5.00. The van der Waals surface area contributed by atoms with Crippen LogP contribution in [0.3, 0.4) is 0 Å². The highest BCUT2D eigenvalue weighted by molar-refractivity contribution is 7.10. The molecule has 1 aliphatic carbocycles. The van der Waals surface area contributed by atoms with Crippen molar-refractivity contribution in [2.45, 2.75) is 38.1 Å². The van der Waals surface area contributed by atoms with Crippen LogP contribution in [0.4, 0.5) is 0 Å². The average Bonchev–Trinajstić information content (AvgIpc) is 2.97. The highest BCUT2D eigenvalue weighted by atomic mass is 32.1. The Bertz CT molecular complexity index is 410. The minimum atomic E-state index is -1.00. The lowest BCUT2D eigenvalue weighted by Gasteiger charge is -2.15. The van der Waals surface area contributed by atoms with E-state index in [1.165, 1.54) is 24.2 Å². The van der Waals surface area contributed by atoms with Crippen LogP contribution in [0.25, 0.3) is 0 Å². The number of thiophene rings is 1. The first-order chi connectivity index (χ1) is 8.66. The molecule has 18 heavy (non-hydrogen) atoms. The highest BCUT2D eigenvalue weighted by Gasteiger charge is 2.25. The van der Waals surface area contributed by atoms with E-state index in [4.69, 9.17) is 5.11 Å². The Hall–Kier alpha value is -1.36. The molecule has 2 N–H and O–H groups in total. The molecule has 5 heteroatoms. The summed E-state index contributed by atoms with van der Waals surface area (Å²) in [6.45, 7) is 0. The zero-order valence-electron chi connectivity index (χ0n) is 10.1. The molecule has 0 saturated heterocycles. The number of nitrogens with one attached hydrogen (secondary N) is 1. The van der Waals surface area contributed by atoms with Gasteiger partial charge in [-0.3, -0.25) is 4.79 Å². The van der Waals surface area contributed by atoms with Crippen molar-refractivity contribution in [2.24, 2.45) is 5.92 Å². The van der Waals surface area contributed by atoms with Gasteiger partial charge in [0.2, 0.25) is 5.91 Å². The number of carbonyl (C=O) groups excluding carboxylic acids is 1. The Balaban J connectivity index is 1.92. The van der Waals surface area contributed by atoms with Crippen molar-refractivity contribution in [1.29, 1.82) is 0 Å². The summed E-state index contributed by atoms with van der Waals surface area (Å²) < 4.78 is 0. The first-order valence-corrected chi connectivity index (χ1v) is 7.10. The summed E-state index contributed by atoms with van der Waals surface area (Å²) in [7, 11) is 0. The quantitative estimate of drug-likeness (QED) is 0.861. The fraction of sp³-hybridized carbons (Fsp3) is 0.538. The molecule has 1 heterocycles. The van der Waals surface area contributed by atoms with Crippen LogP contribution in [0.5, 0.6) is 0 Å². The van der Waals surface area contributed by atoms with Gasteiger partial charge in [0.05, 0.1) is 0 Å². The molecule has 2 rings (SSSR count). The van der Waals surface area contributed by atoms with E-state index in [9.17, 15) is 9.59 Å². The predicted molar refractivity (Wildman–Crippen MR) is 69.4 cm³/mol. The van der Waals surface area contributed by atoms with Crippen LogP contribution in [0.15, 0.2) is 17.5 Å². The maximum Gasteiger partial charge on any atom is 0.331 e. The largest absolute Gasteiger partial charge is 0.479 e. The van der Waals surface area contributed by atoms with Crippen molar-refractivity contribution >= 4 is 23.2 Å². The molecule has 0 bridgehead atoms. The summed E-state index contributed by atoms with van der Waals surface area (Å²) in [4.78, 5) is 23.7. The summed E-state index contributed by atoms with van der Waals surface area (Å²) in [5.74, 6) is -0.720. The van der Waals surface area contributed by atoms with Gasteiger partial charge in [-0.2, -0.15) is 0 Å². The second kappa shape index (κ2) is 6.00. The average molecular weight is 267 g/mol. The fourth-order valence-corrected chi connectivity index (χ4v) is 3.17. The maximum absolute atomic E-state index is 11.8. The van der Waals surface area contributed by atoms with Crippen LogP contribution in [-0.2, 0) is 9.59 Å². The lowest BCUT2D eigenvalue weighted by molar-refractivity contribution is -0.142. The normalized spacial score (nSPS) is 17.6. The van der Waals surface area contributed by atoms with E-state index in [-0.39, 0.29) is 5.91 Å². The monoisotopic (exact) mass is 267 g/mol. The molecule has 0 aromatic carbocycles. The summed E-state index contributed by atoms with van der Waals surface area (Å²) >= 11 is 1.35. The minimum Gasteiger partial charge on any atom is -0.479 e. The van der Waals surface area contributed by atoms with Gasteiger partial charge >= 0.3 is 5.97 Å². The molecule has 98 valence electrons. The summed E-state index contributed by atoms with van der Waals surface area (Å²) in [5, 5.41) is 13.6. The van der Waals surface area contributed by atoms with E-state index < -0.39 is 12.0 Å². The van der Waals surface area contributed by atoms with Crippen LogP contribution in [0.1, 0.15) is 43.0 Å². The molecule has 1 aliphatic rings. The second-order valence-corrected chi connectivity index (χ2v) is 5.69. The van der Waals surface area contributed by atoms with Gasteiger partial charge in [0.1, 0.15) is 0 Å². The number of hydrogen-bond donors (Lipinski definition) is 2. The molecule has 1 aromatic heterocycles. The van der Waals surface area contributed by atoms with Crippen LogP contribution < -0.4 is 5.32 Å². The van der Waals surface area contributed by atoms with Crippen molar-refractivity contribution in [1.82, 2.24) is 5.32 Å². The first kappa shape index (κ1) is 13.1. The maximum atomic E-state index is 11.8. The number of carboxylic acids is 1. The van der Waals surface area contributed by atoms with Gasteiger partial charge in [-0.1, -0.05) is 18.9 Å². The van der Waals surface area contributed by atoms with Crippen molar-refractivity contribution in [2.75, 3.05) is 0 Å².